The van der Waals surface area contributed by atoms with Crippen molar-refractivity contribution < 1.29 is 4.79 Å². The van der Waals surface area contributed by atoms with Crippen molar-refractivity contribution >= 4 is 17.5 Å². The van der Waals surface area contributed by atoms with Gasteiger partial charge in [-0.05, 0) is 43.4 Å². The molecule has 0 N–H and O–H groups in total. The highest BCUT2D eigenvalue weighted by molar-refractivity contribution is 6.31. The first-order valence-electron chi connectivity index (χ1n) is 9.23. The lowest BCUT2D eigenvalue weighted by Gasteiger charge is -2.32. The molecule has 1 aromatic heterocycles. The summed E-state index contributed by atoms with van der Waals surface area (Å²) >= 11 is 6.16. The molecule has 136 valence electrons. The van der Waals surface area contributed by atoms with E-state index in [1.165, 1.54) is 12.8 Å². The Morgan fingerprint density at radius 2 is 1.81 bits per heavy atom. The number of aromatic nitrogens is 2. The molecule has 0 bridgehead atoms. The minimum Gasteiger partial charge on any atom is -0.342 e. The molecule has 1 aromatic carbocycles. The van der Waals surface area contributed by atoms with E-state index in [1.54, 1.807) is 16.8 Å². The van der Waals surface area contributed by atoms with Crippen molar-refractivity contribution in [2.24, 2.45) is 0 Å². The molecule has 4 rings (SSSR count). The van der Waals surface area contributed by atoms with Crippen LogP contribution >= 0.6 is 11.6 Å². The fourth-order valence-corrected chi connectivity index (χ4v) is 3.78. The lowest BCUT2D eigenvalue weighted by Crippen LogP contribution is -2.42. The minimum atomic E-state index is -0.0461. The molecule has 1 aliphatic carbocycles. The molecule has 1 amide bonds. The van der Waals surface area contributed by atoms with E-state index in [2.05, 4.69) is 5.10 Å². The number of rotatable bonds is 4. The lowest BCUT2D eigenvalue weighted by molar-refractivity contribution is -0.131. The number of nitrogens with zero attached hydrogens (tertiary/aromatic N) is 3. The zero-order valence-corrected chi connectivity index (χ0v) is 15.4. The Labute approximate surface area is 157 Å². The second-order valence-electron chi connectivity index (χ2n) is 7.20. The number of piperidine rings is 1. The highest BCUT2D eigenvalue weighted by Gasteiger charge is 2.28. The maximum Gasteiger partial charge on any atom is 0.267 e. The van der Waals surface area contributed by atoms with Crippen molar-refractivity contribution in [2.75, 3.05) is 13.1 Å². The smallest absolute Gasteiger partial charge is 0.267 e. The van der Waals surface area contributed by atoms with Crippen LogP contribution in [0.2, 0.25) is 5.02 Å². The van der Waals surface area contributed by atoms with Crippen LogP contribution in [0.1, 0.15) is 48.9 Å². The van der Waals surface area contributed by atoms with E-state index in [4.69, 9.17) is 11.6 Å². The van der Waals surface area contributed by atoms with Crippen LogP contribution in [0.4, 0.5) is 0 Å². The number of halogens is 1. The summed E-state index contributed by atoms with van der Waals surface area (Å²) in [5.74, 6) is 0.614. The Morgan fingerprint density at radius 1 is 1.08 bits per heavy atom. The Morgan fingerprint density at radius 3 is 2.50 bits per heavy atom. The monoisotopic (exact) mass is 371 g/mol. The van der Waals surface area contributed by atoms with Gasteiger partial charge in [-0.25, -0.2) is 4.68 Å². The third-order valence-electron chi connectivity index (χ3n) is 5.30. The topological polar surface area (TPSA) is 55.2 Å². The van der Waals surface area contributed by atoms with Crippen LogP contribution in [-0.2, 0) is 11.2 Å². The SMILES string of the molecule is O=C(Cc1ccccc1Cl)N1CCC(n2nc(C3CC3)ccc2=O)CC1. The maximum atomic E-state index is 12.6. The van der Waals surface area contributed by atoms with Crippen molar-refractivity contribution in [3.63, 3.8) is 0 Å². The number of carbonyl (C=O) groups is 1. The van der Waals surface area contributed by atoms with Crippen LogP contribution in [0.15, 0.2) is 41.2 Å². The van der Waals surface area contributed by atoms with E-state index in [0.717, 1.165) is 24.1 Å². The number of amides is 1. The van der Waals surface area contributed by atoms with Gasteiger partial charge in [-0.2, -0.15) is 5.10 Å². The molecule has 5 nitrogen and oxygen atoms in total. The second-order valence-corrected chi connectivity index (χ2v) is 7.60. The van der Waals surface area contributed by atoms with Crippen LogP contribution in [0.25, 0.3) is 0 Å². The number of benzene rings is 1. The van der Waals surface area contributed by atoms with Crippen LogP contribution < -0.4 is 5.56 Å². The van der Waals surface area contributed by atoms with Crippen molar-refractivity contribution in [3.05, 3.63) is 63.0 Å². The zero-order valence-electron chi connectivity index (χ0n) is 14.6. The summed E-state index contributed by atoms with van der Waals surface area (Å²) in [5.41, 5.74) is 1.84. The van der Waals surface area contributed by atoms with Crippen LogP contribution in [0, 0.1) is 0 Å². The maximum absolute atomic E-state index is 12.6. The van der Waals surface area contributed by atoms with Gasteiger partial charge >= 0.3 is 0 Å². The van der Waals surface area contributed by atoms with E-state index in [1.807, 2.05) is 29.2 Å². The Bertz CT molecular complexity index is 867. The van der Waals surface area contributed by atoms with E-state index < -0.39 is 0 Å². The second kappa shape index (κ2) is 7.23. The highest BCUT2D eigenvalue weighted by Crippen LogP contribution is 2.38. The summed E-state index contributed by atoms with van der Waals surface area (Å²) in [5, 5.41) is 5.22. The fraction of sp³-hybridized carbons (Fsp3) is 0.450. The first-order chi connectivity index (χ1) is 12.6. The fourth-order valence-electron chi connectivity index (χ4n) is 3.57. The van der Waals surface area contributed by atoms with Crippen molar-refractivity contribution in [1.29, 1.82) is 0 Å². The number of hydrogen-bond acceptors (Lipinski definition) is 3. The molecule has 0 spiro atoms. The van der Waals surface area contributed by atoms with Gasteiger partial charge < -0.3 is 4.90 Å². The van der Waals surface area contributed by atoms with Crippen molar-refractivity contribution in [1.82, 2.24) is 14.7 Å². The molecule has 2 aliphatic rings. The molecule has 2 heterocycles. The van der Waals surface area contributed by atoms with E-state index in [9.17, 15) is 9.59 Å². The van der Waals surface area contributed by atoms with Gasteiger partial charge in [-0.15, -0.1) is 0 Å². The number of carbonyl (C=O) groups excluding carboxylic acids is 1. The molecule has 1 saturated carbocycles. The van der Waals surface area contributed by atoms with E-state index >= 15 is 0 Å². The van der Waals surface area contributed by atoms with Gasteiger partial charge in [0.2, 0.25) is 5.91 Å². The van der Waals surface area contributed by atoms with Crippen LogP contribution in [0.5, 0.6) is 0 Å². The molecule has 2 fully saturated rings. The summed E-state index contributed by atoms with van der Waals surface area (Å²) in [6.45, 7) is 1.30. The molecule has 0 atom stereocenters. The molecule has 0 unspecified atom stereocenters. The van der Waals surface area contributed by atoms with E-state index in [0.29, 0.717) is 30.5 Å². The third kappa shape index (κ3) is 3.68. The first-order valence-corrected chi connectivity index (χ1v) is 9.60. The molecule has 0 radical (unpaired) electrons. The highest BCUT2D eigenvalue weighted by atomic mass is 35.5. The van der Waals surface area contributed by atoms with Gasteiger partial charge in [0.25, 0.3) is 5.56 Å². The van der Waals surface area contributed by atoms with Crippen LogP contribution in [0.3, 0.4) is 0 Å². The Kier molecular flexibility index (Phi) is 4.81. The molecule has 1 aliphatic heterocycles. The molecule has 2 aromatic rings. The van der Waals surface area contributed by atoms with Crippen molar-refractivity contribution in [2.45, 2.75) is 44.1 Å². The predicted molar refractivity (Wildman–Crippen MR) is 100 cm³/mol. The van der Waals surface area contributed by atoms with Crippen molar-refractivity contribution in [3.8, 4) is 0 Å². The van der Waals surface area contributed by atoms with Gasteiger partial charge in [0, 0.05) is 30.1 Å². The normalized spacial score (nSPS) is 18.1. The molecular weight excluding hydrogens is 350 g/mol. The van der Waals surface area contributed by atoms with Gasteiger partial charge in [-0.3, -0.25) is 9.59 Å². The lowest BCUT2D eigenvalue weighted by atomic mass is 10.0. The Hall–Kier alpha value is -2.14. The summed E-state index contributed by atoms with van der Waals surface area (Å²) < 4.78 is 1.64. The predicted octanol–water partition coefficient (Wildman–Crippen LogP) is 3.18. The van der Waals surface area contributed by atoms with Gasteiger partial charge in [0.05, 0.1) is 18.2 Å². The summed E-state index contributed by atoms with van der Waals surface area (Å²) in [6.07, 6.45) is 4.17. The summed E-state index contributed by atoms with van der Waals surface area (Å²) in [6, 6.07) is 11.0. The average molecular weight is 372 g/mol. The summed E-state index contributed by atoms with van der Waals surface area (Å²) in [7, 11) is 0. The first kappa shape index (κ1) is 17.3. The minimum absolute atomic E-state index is 0.0461. The molecule has 26 heavy (non-hydrogen) atoms. The number of likely N-dealkylation sites (tertiary alicyclic amines) is 1. The zero-order chi connectivity index (χ0) is 18.1. The quantitative estimate of drug-likeness (QED) is 0.829. The van der Waals surface area contributed by atoms with Gasteiger partial charge in [0.1, 0.15) is 0 Å². The van der Waals surface area contributed by atoms with Gasteiger partial charge in [-0.1, -0.05) is 29.8 Å². The van der Waals surface area contributed by atoms with E-state index in [-0.39, 0.29) is 17.5 Å². The molecule has 1 saturated heterocycles. The average Bonchev–Trinajstić information content (AvgIpc) is 3.49. The third-order valence-corrected chi connectivity index (χ3v) is 5.67. The molecule has 6 heteroatoms. The number of hydrogen-bond donors (Lipinski definition) is 0. The summed E-state index contributed by atoms with van der Waals surface area (Å²) in [4.78, 5) is 26.6. The molecular formula is C20H22ClN3O2. The van der Waals surface area contributed by atoms with Gasteiger partial charge in [0.15, 0.2) is 0 Å². The standard InChI is InChI=1S/C20H22ClN3O2/c21-17-4-2-1-3-15(17)13-20(26)23-11-9-16(10-12-23)24-19(25)8-7-18(22-24)14-5-6-14/h1-4,7-8,14,16H,5-6,9-13H2. The Balaban J connectivity index is 1.40. The largest absolute Gasteiger partial charge is 0.342 e. The van der Waals surface area contributed by atoms with Crippen LogP contribution in [-0.4, -0.2) is 33.7 Å².